The summed E-state index contributed by atoms with van der Waals surface area (Å²) in [5.41, 5.74) is 8.45. The minimum absolute atomic E-state index is 0.136. The Bertz CT molecular complexity index is 560. The number of nitrogens with zero attached hydrogens (tertiary/aromatic N) is 2. The Morgan fingerprint density at radius 1 is 1.58 bits per heavy atom. The fourth-order valence-corrected chi connectivity index (χ4v) is 2.64. The molecule has 0 aliphatic heterocycles. The Morgan fingerprint density at radius 2 is 2.42 bits per heavy atom. The van der Waals surface area contributed by atoms with Gasteiger partial charge in [-0.05, 0) is 12.1 Å². The average Bonchev–Trinajstić information content (AvgIpc) is 2.91. The van der Waals surface area contributed by atoms with Crippen molar-refractivity contribution in [2.45, 2.75) is 4.34 Å². The fourth-order valence-electron chi connectivity index (χ4n) is 1.35. The van der Waals surface area contributed by atoms with Crippen LogP contribution < -0.4 is 15.8 Å². The van der Waals surface area contributed by atoms with E-state index in [1.807, 2.05) is 0 Å². The van der Waals surface area contributed by atoms with E-state index >= 15 is 0 Å². The third kappa shape index (κ3) is 3.83. The Kier molecular flexibility index (Phi) is 4.58. The minimum Gasteiger partial charge on any atom is -0.494 e. The van der Waals surface area contributed by atoms with Gasteiger partial charge in [0, 0.05) is 11.8 Å². The molecule has 1 heterocycles. The number of methoxy groups -OCH3 is 1. The fraction of sp³-hybridized carbons (Fsp3) is 0.182. The minimum atomic E-state index is -0.136. The summed E-state index contributed by atoms with van der Waals surface area (Å²) in [4.78, 5) is 11.8. The van der Waals surface area contributed by atoms with Gasteiger partial charge in [-0.15, -0.1) is 10.2 Å². The van der Waals surface area contributed by atoms with E-state index in [9.17, 15) is 4.79 Å². The van der Waals surface area contributed by atoms with Gasteiger partial charge in [0.2, 0.25) is 5.91 Å². The van der Waals surface area contributed by atoms with Gasteiger partial charge < -0.3 is 15.8 Å². The van der Waals surface area contributed by atoms with E-state index in [1.54, 1.807) is 23.7 Å². The van der Waals surface area contributed by atoms with Gasteiger partial charge in [0.1, 0.15) is 11.3 Å². The van der Waals surface area contributed by atoms with Crippen LogP contribution in [0.1, 0.15) is 0 Å². The lowest BCUT2D eigenvalue weighted by molar-refractivity contribution is -0.113. The van der Waals surface area contributed by atoms with Crippen molar-refractivity contribution in [1.82, 2.24) is 10.2 Å². The molecule has 1 aromatic heterocycles. The van der Waals surface area contributed by atoms with Gasteiger partial charge in [0.25, 0.3) is 0 Å². The number of aromatic nitrogens is 2. The highest BCUT2D eigenvalue weighted by atomic mass is 32.2. The predicted octanol–water partition coefficient (Wildman–Crippen LogP) is 1.86. The van der Waals surface area contributed by atoms with Crippen LogP contribution in [0.25, 0.3) is 0 Å². The smallest absolute Gasteiger partial charge is 0.234 e. The van der Waals surface area contributed by atoms with Crippen molar-refractivity contribution in [3.8, 4) is 5.75 Å². The molecule has 19 heavy (non-hydrogen) atoms. The normalized spacial score (nSPS) is 10.2. The molecule has 1 aromatic carbocycles. The molecule has 0 spiro atoms. The van der Waals surface area contributed by atoms with E-state index in [2.05, 4.69) is 15.5 Å². The average molecular weight is 296 g/mol. The first-order valence-electron chi connectivity index (χ1n) is 5.31. The van der Waals surface area contributed by atoms with E-state index < -0.39 is 0 Å². The molecule has 0 aliphatic carbocycles. The standard InChI is InChI=1S/C11H12N4O2S2/c1-17-9-4-7(12)2-3-8(9)14-10(16)5-18-11-15-13-6-19-11/h2-4,6H,5,12H2,1H3,(H,14,16). The van der Waals surface area contributed by atoms with E-state index in [0.717, 1.165) is 4.34 Å². The number of anilines is 2. The number of nitrogens with one attached hydrogen (secondary N) is 1. The molecular weight excluding hydrogens is 284 g/mol. The van der Waals surface area contributed by atoms with Crippen LogP contribution in [-0.4, -0.2) is 29.0 Å². The first-order chi connectivity index (χ1) is 9.19. The zero-order valence-electron chi connectivity index (χ0n) is 10.1. The van der Waals surface area contributed by atoms with E-state index in [4.69, 9.17) is 10.5 Å². The summed E-state index contributed by atoms with van der Waals surface area (Å²) in [5.74, 6) is 0.667. The van der Waals surface area contributed by atoms with Gasteiger partial charge in [-0.2, -0.15) is 0 Å². The van der Waals surface area contributed by atoms with Crippen molar-refractivity contribution in [2.75, 3.05) is 23.9 Å². The molecule has 3 N–H and O–H groups in total. The van der Waals surface area contributed by atoms with Crippen molar-refractivity contribution < 1.29 is 9.53 Å². The molecule has 0 atom stereocenters. The van der Waals surface area contributed by atoms with Crippen molar-refractivity contribution in [2.24, 2.45) is 0 Å². The van der Waals surface area contributed by atoms with Crippen LogP contribution in [0.5, 0.6) is 5.75 Å². The number of benzene rings is 1. The molecule has 8 heteroatoms. The second-order valence-electron chi connectivity index (χ2n) is 3.50. The summed E-state index contributed by atoms with van der Waals surface area (Å²) < 4.78 is 5.92. The third-order valence-electron chi connectivity index (χ3n) is 2.17. The summed E-state index contributed by atoms with van der Waals surface area (Å²) in [6.07, 6.45) is 0. The number of carbonyl (C=O) groups is 1. The molecule has 0 bridgehead atoms. The lowest BCUT2D eigenvalue weighted by Crippen LogP contribution is -2.14. The van der Waals surface area contributed by atoms with E-state index in [1.165, 1.54) is 30.2 Å². The highest BCUT2D eigenvalue weighted by Gasteiger charge is 2.09. The molecule has 2 rings (SSSR count). The monoisotopic (exact) mass is 296 g/mol. The van der Waals surface area contributed by atoms with Crippen LogP contribution in [-0.2, 0) is 4.79 Å². The van der Waals surface area contributed by atoms with Crippen molar-refractivity contribution in [1.29, 1.82) is 0 Å². The molecule has 1 amide bonds. The Morgan fingerprint density at radius 3 is 3.11 bits per heavy atom. The van der Waals surface area contributed by atoms with Gasteiger partial charge >= 0.3 is 0 Å². The number of nitrogens with two attached hydrogens (primary N) is 1. The largest absolute Gasteiger partial charge is 0.494 e. The van der Waals surface area contributed by atoms with Crippen LogP contribution >= 0.6 is 23.1 Å². The van der Waals surface area contributed by atoms with Gasteiger partial charge in [0.15, 0.2) is 4.34 Å². The molecule has 6 nitrogen and oxygen atoms in total. The van der Waals surface area contributed by atoms with Crippen LogP contribution in [0, 0.1) is 0 Å². The zero-order valence-corrected chi connectivity index (χ0v) is 11.8. The lowest BCUT2D eigenvalue weighted by atomic mass is 10.2. The van der Waals surface area contributed by atoms with Gasteiger partial charge in [0.05, 0.1) is 18.6 Å². The number of hydrogen-bond donors (Lipinski definition) is 2. The van der Waals surface area contributed by atoms with Crippen LogP contribution in [0.3, 0.4) is 0 Å². The summed E-state index contributed by atoms with van der Waals surface area (Å²) in [7, 11) is 1.53. The highest BCUT2D eigenvalue weighted by molar-refractivity contribution is 8.01. The number of thioether (sulfide) groups is 1. The third-order valence-corrected chi connectivity index (χ3v) is 4.03. The van der Waals surface area contributed by atoms with Gasteiger partial charge in [-0.25, -0.2) is 0 Å². The highest BCUT2D eigenvalue weighted by Crippen LogP contribution is 2.27. The second-order valence-corrected chi connectivity index (χ2v) is 5.56. The maximum Gasteiger partial charge on any atom is 0.234 e. The summed E-state index contributed by atoms with van der Waals surface area (Å²) >= 11 is 2.74. The Hall–Kier alpha value is -1.80. The summed E-state index contributed by atoms with van der Waals surface area (Å²) in [6, 6.07) is 5.07. The summed E-state index contributed by atoms with van der Waals surface area (Å²) in [6.45, 7) is 0. The maximum absolute atomic E-state index is 11.8. The van der Waals surface area contributed by atoms with Crippen molar-refractivity contribution in [3.05, 3.63) is 23.7 Å². The first-order valence-corrected chi connectivity index (χ1v) is 7.18. The van der Waals surface area contributed by atoms with Crippen LogP contribution in [0.15, 0.2) is 28.0 Å². The molecule has 2 aromatic rings. The molecule has 0 aliphatic rings. The molecule has 0 saturated heterocycles. The number of carbonyl (C=O) groups excluding carboxylic acids is 1. The molecule has 0 fully saturated rings. The molecular formula is C11H12N4O2S2. The second kappa shape index (κ2) is 6.39. The number of amides is 1. The van der Waals surface area contributed by atoms with E-state index in [0.29, 0.717) is 17.1 Å². The SMILES string of the molecule is COc1cc(N)ccc1NC(=O)CSc1nncs1. The van der Waals surface area contributed by atoms with E-state index in [-0.39, 0.29) is 11.7 Å². The Balaban J connectivity index is 1.95. The van der Waals surface area contributed by atoms with Crippen molar-refractivity contribution >= 4 is 40.4 Å². The number of ether oxygens (including phenoxy) is 1. The number of hydrogen-bond acceptors (Lipinski definition) is 7. The molecule has 0 unspecified atom stereocenters. The number of nitrogen functional groups attached to an aromatic ring is 1. The summed E-state index contributed by atoms with van der Waals surface area (Å²) in [5, 5.41) is 10.3. The lowest BCUT2D eigenvalue weighted by Gasteiger charge is -2.10. The van der Waals surface area contributed by atoms with Gasteiger partial charge in [-0.3, -0.25) is 4.79 Å². The van der Waals surface area contributed by atoms with Crippen molar-refractivity contribution in [3.63, 3.8) is 0 Å². The Labute approximate surface area is 118 Å². The zero-order chi connectivity index (χ0) is 13.7. The number of rotatable bonds is 5. The van der Waals surface area contributed by atoms with Gasteiger partial charge in [-0.1, -0.05) is 23.1 Å². The topological polar surface area (TPSA) is 90.1 Å². The predicted molar refractivity (Wildman–Crippen MR) is 76.7 cm³/mol. The molecule has 0 radical (unpaired) electrons. The maximum atomic E-state index is 11.8. The molecule has 100 valence electrons. The molecule has 0 saturated carbocycles. The van der Waals surface area contributed by atoms with Crippen LogP contribution in [0.2, 0.25) is 0 Å². The first kappa shape index (κ1) is 13.6. The van der Waals surface area contributed by atoms with Crippen LogP contribution in [0.4, 0.5) is 11.4 Å². The quantitative estimate of drug-likeness (QED) is 0.646.